The van der Waals surface area contributed by atoms with E-state index in [1.807, 2.05) is 6.92 Å². The van der Waals surface area contributed by atoms with E-state index in [9.17, 15) is 13.6 Å². The van der Waals surface area contributed by atoms with E-state index in [1.54, 1.807) is 6.07 Å². The van der Waals surface area contributed by atoms with Gasteiger partial charge in [-0.15, -0.1) is 0 Å². The summed E-state index contributed by atoms with van der Waals surface area (Å²) in [5, 5.41) is 9.40. The number of hydrogen-bond donors (Lipinski definition) is 2. The van der Waals surface area contributed by atoms with Crippen molar-refractivity contribution >= 4 is 5.91 Å². The Bertz CT molecular complexity index is 891. The fraction of sp³-hybridized carbons (Fsp3) is 0.188. The van der Waals surface area contributed by atoms with Crippen LogP contribution in [0.3, 0.4) is 0 Å². The third kappa shape index (κ3) is 4.00. The molecule has 2 aromatic heterocycles. The molecule has 0 bridgehead atoms. The van der Waals surface area contributed by atoms with Gasteiger partial charge in [0.05, 0.1) is 12.2 Å². The van der Waals surface area contributed by atoms with Gasteiger partial charge in [0, 0.05) is 5.69 Å². The van der Waals surface area contributed by atoms with Gasteiger partial charge in [0.25, 0.3) is 5.91 Å². The number of aryl methyl sites for hydroxylation is 1. The van der Waals surface area contributed by atoms with E-state index in [-0.39, 0.29) is 30.5 Å². The minimum atomic E-state index is -1.10. The van der Waals surface area contributed by atoms with Crippen LogP contribution in [0.4, 0.5) is 8.78 Å². The molecular formula is C16H14F2N4O3. The van der Waals surface area contributed by atoms with E-state index < -0.39 is 17.5 Å². The number of nitrogens with one attached hydrogen (secondary N) is 2. The molecule has 25 heavy (non-hydrogen) atoms. The van der Waals surface area contributed by atoms with Gasteiger partial charge >= 0.3 is 0 Å². The maximum atomic E-state index is 13.5. The molecule has 0 atom stereocenters. The number of carbonyl (C=O) groups is 1. The minimum Gasteiger partial charge on any atom is -0.481 e. The second kappa shape index (κ2) is 7.12. The molecule has 3 rings (SSSR count). The van der Waals surface area contributed by atoms with Gasteiger partial charge < -0.3 is 14.5 Å². The number of H-pyrrole nitrogens is 1. The van der Waals surface area contributed by atoms with Gasteiger partial charge in [-0.05, 0) is 25.1 Å². The van der Waals surface area contributed by atoms with E-state index in [0.29, 0.717) is 5.69 Å². The maximum Gasteiger partial charge on any atom is 0.273 e. The molecule has 0 unspecified atom stereocenters. The summed E-state index contributed by atoms with van der Waals surface area (Å²) in [7, 11) is 0. The average molecular weight is 348 g/mol. The number of rotatable bonds is 6. The fourth-order valence-electron chi connectivity index (χ4n) is 2.04. The average Bonchev–Trinajstić information content (AvgIpc) is 3.23. The van der Waals surface area contributed by atoms with E-state index in [0.717, 1.165) is 18.0 Å². The molecule has 130 valence electrons. The SMILES string of the molecule is Cc1cc(CNC(=O)c2coc(COc3cccc(F)c3F)n2)n[nH]1. The van der Waals surface area contributed by atoms with Gasteiger partial charge in [0.15, 0.2) is 23.9 Å². The summed E-state index contributed by atoms with van der Waals surface area (Å²) in [6.45, 7) is 1.84. The van der Waals surface area contributed by atoms with Crippen molar-refractivity contribution in [3.05, 3.63) is 65.1 Å². The number of nitrogens with zero attached hydrogens (tertiary/aromatic N) is 2. The van der Waals surface area contributed by atoms with Gasteiger partial charge in [0.1, 0.15) is 6.26 Å². The van der Waals surface area contributed by atoms with Crippen molar-refractivity contribution in [1.82, 2.24) is 20.5 Å². The highest BCUT2D eigenvalue weighted by Gasteiger charge is 2.14. The van der Waals surface area contributed by atoms with Crippen molar-refractivity contribution in [2.24, 2.45) is 0 Å². The Morgan fingerprint density at radius 1 is 1.40 bits per heavy atom. The molecule has 0 spiro atoms. The van der Waals surface area contributed by atoms with Crippen molar-refractivity contribution in [3.63, 3.8) is 0 Å². The first-order valence-electron chi connectivity index (χ1n) is 7.33. The van der Waals surface area contributed by atoms with Crippen LogP contribution < -0.4 is 10.1 Å². The summed E-state index contributed by atoms with van der Waals surface area (Å²) < 4.78 is 36.8. The molecule has 3 aromatic rings. The lowest BCUT2D eigenvalue weighted by atomic mass is 10.3. The van der Waals surface area contributed by atoms with Crippen molar-refractivity contribution in [2.45, 2.75) is 20.1 Å². The highest BCUT2D eigenvalue weighted by atomic mass is 19.2. The zero-order chi connectivity index (χ0) is 17.8. The highest BCUT2D eigenvalue weighted by molar-refractivity contribution is 5.91. The molecule has 2 N–H and O–H groups in total. The number of carbonyl (C=O) groups excluding carboxylic acids is 1. The smallest absolute Gasteiger partial charge is 0.273 e. The zero-order valence-corrected chi connectivity index (χ0v) is 13.2. The molecular weight excluding hydrogens is 334 g/mol. The number of benzene rings is 1. The molecule has 9 heteroatoms. The number of ether oxygens (including phenoxy) is 1. The van der Waals surface area contributed by atoms with Gasteiger partial charge in [-0.1, -0.05) is 6.07 Å². The molecule has 7 nitrogen and oxygen atoms in total. The third-order valence-electron chi connectivity index (χ3n) is 3.24. The Hall–Kier alpha value is -3.23. The lowest BCUT2D eigenvalue weighted by Crippen LogP contribution is -2.23. The summed E-state index contributed by atoms with van der Waals surface area (Å²) >= 11 is 0. The number of halogens is 2. The zero-order valence-electron chi connectivity index (χ0n) is 13.2. The van der Waals surface area contributed by atoms with Crippen LogP contribution in [0.1, 0.15) is 27.8 Å². The number of amides is 1. The van der Waals surface area contributed by atoms with Crippen LogP contribution in [-0.4, -0.2) is 21.1 Å². The molecule has 0 fully saturated rings. The molecule has 0 radical (unpaired) electrons. The normalized spacial score (nSPS) is 10.7. The predicted octanol–water partition coefficient (Wildman–Crippen LogP) is 2.49. The first-order chi connectivity index (χ1) is 12.0. The second-order valence-corrected chi connectivity index (χ2v) is 5.19. The predicted molar refractivity (Wildman–Crippen MR) is 81.7 cm³/mol. The van der Waals surface area contributed by atoms with Gasteiger partial charge in [0.2, 0.25) is 11.7 Å². The van der Waals surface area contributed by atoms with Crippen molar-refractivity contribution in [3.8, 4) is 5.75 Å². The van der Waals surface area contributed by atoms with Crippen LogP contribution in [0.15, 0.2) is 34.9 Å². The lowest BCUT2D eigenvalue weighted by molar-refractivity contribution is 0.0945. The number of aromatic nitrogens is 3. The molecule has 0 aliphatic rings. The first kappa shape index (κ1) is 16.6. The molecule has 2 heterocycles. The van der Waals surface area contributed by atoms with Gasteiger partial charge in [-0.2, -0.15) is 9.49 Å². The van der Waals surface area contributed by atoms with E-state index in [4.69, 9.17) is 9.15 Å². The van der Waals surface area contributed by atoms with Gasteiger partial charge in [-0.25, -0.2) is 9.37 Å². The number of hydrogen-bond acceptors (Lipinski definition) is 5. The Balaban J connectivity index is 1.56. The Labute approximate surface area is 141 Å². The van der Waals surface area contributed by atoms with Crippen molar-refractivity contribution < 1.29 is 22.7 Å². The Kier molecular flexibility index (Phi) is 4.73. The molecule has 0 aliphatic heterocycles. The molecule has 0 aliphatic carbocycles. The van der Waals surface area contributed by atoms with E-state index >= 15 is 0 Å². The lowest BCUT2D eigenvalue weighted by Gasteiger charge is -2.04. The summed E-state index contributed by atoms with van der Waals surface area (Å²) in [4.78, 5) is 15.9. The Morgan fingerprint density at radius 3 is 3.00 bits per heavy atom. The standard InChI is InChI=1S/C16H14F2N4O3/c1-9-5-10(22-21-9)6-19-16(23)12-7-25-14(20-12)8-24-13-4-2-3-11(17)15(13)18/h2-5,7H,6,8H2,1H3,(H,19,23)(H,21,22). The largest absolute Gasteiger partial charge is 0.481 e. The molecule has 1 aromatic carbocycles. The summed E-state index contributed by atoms with van der Waals surface area (Å²) in [5.41, 5.74) is 1.61. The van der Waals surface area contributed by atoms with Crippen LogP contribution >= 0.6 is 0 Å². The minimum absolute atomic E-state index is 0.0468. The van der Waals surface area contributed by atoms with E-state index in [2.05, 4.69) is 20.5 Å². The summed E-state index contributed by atoms with van der Waals surface area (Å²) in [6.07, 6.45) is 1.16. The second-order valence-electron chi connectivity index (χ2n) is 5.19. The van der Waals surface area contributed by atoms with E-state index in [1.165, 1.54) is 12.1 Å². The first-order valence-corrected chi connectivity index (χ1v) is 7.33. The fourth-order valence-corrected chi connectivity index (χ4v) is 2.04. The summed E-state index contributed by atoms with van der Waals surface area (Å²) in [6, 6.07) is 5.38. The topological polar surface area (TPSA) is 93.0 Å². The molecule has 0 saturated carbocycles. The van der Waals surface area contributed by atoms with Crippen LogP contribution in [0, 0.1) is 18.6 Å². The molecule has 1 amide bonds. The monoisotopic (exact) mass is 348 g/mol. The van der Waals surface area contributed by atoms with Crippen LogP contribution in [0.2, 0.25) is 0 Å². The quantitative estimate of drug-likeness (QED) is 0.714. The van der Waals surface area contributed by atoms with Crippen molar-refractivity contribution in [2.75, 3.05) is 0 Å². The maximum absolute atomic E-state index is 13.5. The number of aromatic amines is 1. The van der Waals surface area contributed by atoms with Crippen LogP contribution in [0.5, 0.6) is 5.75 Å². The van der Waals surface area contributed by atoms with Crippen molar-refractivity contribution in [1.29, 1.82) is 0 Å². The highest BCUT2D eigenvalue weighted by Crippen LogP contribution is 2.20. The van der Waals surface area contributed by atoms with Crippen LogP contribution in [-0.2, 0) is 13.2 Å². The number of oxazole rings is 1. The Morgan fingerprint density at radius 2 is 2.24 bits per heavy atom. The molecule has 0 saturated heterocycles. The van der Waals surface area contributed by atoms with Gasteiger partial charge in [-0.3, -0.25) is 9.89 Å². The van der Waals surface area contributed by atoms with Crippen LogP contribution in [0.25, 0.3) is 0 Å². The summed E-state index contributed by atoms with van der Waals surface area (Å²) in [5.74, 6) is -2.77. The third-order valence-corrected chi connectivity index (χ3v) is 3.24.